The summed E-state index contributed by atoms with van der Waals surface area (Å²) in [4.78, 5) is 15.3. The summed E-state index contributed by atoms with van der Waals surface area (Å²) in [7, 11) is 1.37. The third-order valence-electron chi connectivity index (χ3n) is 4.17. The van der Waals surface area contributed by atoms with Gasteiger partial charge in [-0.05, 0) is 29.1 Å². The summed E-state index contributed by atoms with van der Waals surface area (Å²) in [6, 6.07) is 29.8. The van der Waals surface area contributed by atoms with Crippen LogP contribution in [0.4, 0.5) is 0 Å². The van der Waals surface area contributed by atoms with Crippen LogP contribution in [0.5, 0.6) is 0 Å². The lowest BCUT2D eigenvalue weighted by Gasteiger charge is -2.05. The minimum atomic E-state index is -0.291. The number of benzene rings is 3. The Labute approximate surface area is 159 Å². The van der Waals surface area contributed by atoms with E-state index in [9.17, 15) is 4.79 Å². The van der Waals surface area contributed by atoms with Crippen molar-refractivity contribution in [2.75, 3.05) is 7.11 Å². The molecule has 0 N–H and O–H groups in total. The van der Waals surface area contributed by atoms with Crippen LogP contribution in [0.3, 0.4) is 0 Å². The highest BCUT2D eigenvalue weighted by molar-refractivity contribution is 5.89. The summed E-state index contributed by atoms with van der Waals surface area (Å²) < 4.78 is 4.50. The Morgan fingerprint density at radius 2 is 1.44 bits per heavy atom. The molecule has 3 aromatic carbocycles. The first-order chi connectivity index (χ1) is 13.3. The fraction of sp³-hybridized carbons (Fsp3) is 0.0833. The molecule has 0 unspecified atom stereocenters. The van der Waals surface area contributed by atoms with Crippen molar-refractivity contribution in [1.82, 2.24) is 4.98 Å². The van der Waals surface area contributed by atoms with Gasteiger partial charge < -0.3 is 4.74 Å². The lowest BCUT2D eigenvalue weighted by atomic mass is 10.0. The molecule has 0 saturated carbocycles. The van der Waals surface area contributed by atoms with E-state index in [0.29, 0.717) is 5.56 Å². The molecule has 4 rings (SSSR count). The zero-order valence-corrected chi connectivity index (χ0v) is 15.2. The van der Waals surface area contributed by atoms with E-state index in [1.165, 1.54) is 23.4 Å². The number of ether oxygens (including phenoxy) is 1. The fourth-order valence-corrected chi connectivity index (χ4v) is 2.80. The third kappa shape index (κ3) is 5.02. The van der Waals surface area contributed by atoms with Crippen molar-refractivity contribution < 1.29 is 9.53 Å². The third-order valence-corrected chi connectivity index (χ3v) is 4.17. The summed E-state index contributed by atoms with van der Waals surface area (Å²) in [5.41, 5.74) is 3.04. The second-order valence-corrected chi connectivity index (χ2v) is 6.00. The van der Waals surface area contributed by atoms with Gasteiger partial charge in [0.05, 0.1) is 18.4 Å². The smallest absolute Gasteiger partial charge is 0.337 e. The monoisotopic (exact) mass is 355 g/mol. The van der Waals surface area contributed by atoms with E-state index >= 15 is 0 Å². The van der Waals surface area contributed by atoms with Crippen molar-refractivity contribution in [2.24, 2.45) is 0 Å². The topological polar surface area (TPSA) is 39.2 Å². The molecule has 0 bridgehead atoms. The van der Waals surface area contributed by atoms with Crippen LogP contribution in [0, 0.1) is 0 Å². The molecule has 134 valence electrons. The number of carbonyl (C=O) groups is 1. The quantitative estimate of drug-likeness (QED) is 0.468. The highest BCUT2D eigenvalue weighted by Gasteiger charge is 2.02. The van der Waals surface area contributed by atoms with E-state index in [2.05, 4.69) is 64.3 Å². The molecule has 27 heavy (non-hydrogen) atoms. The van der Waals surface area contributed by atoms with E-state index in [-0.39, 0.29) is 5.97 Å². The van der Waals surface area contributed by atoms with Gasteiger partial charge in [-0.1, -0.05) is 72.8 Å². The Hall–Kier alpha value is -3.46. The van der Waals surface area contributed by atoms with E-state index in [1.807, 2.05) is 18.3 Å². The lowest BCUT2D eigenvalue weighted by Crippen LogP contribution is -1.99. The highest BCUT2D eigenvalue weighted by atomic mass is 16.5. The van der Waals surface area contributed by atoms with Gasteiger partial charge in [0.25, 0.3) is 0 Å². The van der Waals surface area contributed by atoms with Crippen molar-refractivity contribution in [1.29, 1.82) is 0 Å². The van der Waals surface area contributed by atoms with Gasteiger partial charge in [-0.25, -0.2) is 4.79 Å². The van der Waals surface area contributed by atoms with Crippen LogP contribution in [-0.2, 0) is 11.2 Å². The SMILES string of the molecule is COC(=O)c1ccccc1.c1ccc(Cc2nccc3ccccc23)cc1. The first kappa shape index (κ1) is 18.3. The normalized spacial score (nSPS) is 9.96. The second-order valence-electron chi connectivity index (χ2n) is 6.00. The Morgan fingerprint density at radius 3 is 2.15 bits per heavy atom. The summed E-state index contributed by atoms with van der Waals surface area (Å²) in [5.74, 6) is -0.291. The van der Waals surface area contributed by atoms with E-state index in [0.717, 1.165) is 12.1 Å². The molecule has 0 saturated heterocycles. The molecule has 1 heterocycles. The Balaban J connectivity index is 0.000000180. The van der Waals surface area contributed by atoms with Crippen molar-refractivity contribution in [2.45, 2.75) is 6.42 Å². The molecule has 0 spiro atoms. The van der Waals surface area contributed by atoms with Gasteiger partial charge in [-0.3, -0.25) is 4.98 Å². The zero-order valence-electron chi connectivity index (χ0n) is 15.2. The standard InChI is InChI=1S/C16H13N.C8H8O2/c1-2-6-13(7-3-1)12-16-15-9-5-4-8-14(15)10-11-17-16;1-10-8(9)7-5-3-2-4-6-7/h1-11H,12H2;2-6H,1H3. The largest absolute Gasteiger partial charge is 0.465 e. The van der Waals surface area contributed by atoms with Crippen molar-refractivity contribution in [3.8, 4) is 0 Å². The van der Waals surface area contributed by atoms with E-state index in [4.69, 9.17) is 0 Å². The number of nitrogens with zero attached hydrogens (tertiary/aromatic N) is 1. The van der Waals surface area contributed by atoms with Crippen LogP contribution in [0.1, 0.15) is 21.6 Å². The van der Waals surface area contributed by atoms with Gasteiger partial charge in [-0.2, -0.15) is 0 Å². The van der Waals surface area contributed by atoms with Gasteiger partial charge in [0, 0.05) is 18.0 Å². The van der Waals surface area contributed by atoms with Gasteiger partial charge in [-0.15, -0.1) is 0 Å². The Kier molecular flexibility index (Phi) is 6.31. The Bertz CT molecular complexity index is 993. The number of rotatable bonds is 3. The molecule has 0 aliphatic carbocycles. The van der Waals surface area contributed by atoms with Crippen LogP contribution >= 0.6 is 0 Å². The summed E-state index contributed by atoms with van der Waals surface area (Å²) >= 11 is 0. The summed E-state index contributed by atoms with van der Waals surface area (Å²) in [6.45, 7) is 0. The van der Waals surface area contributed by atoms with Crippen LogP contribution < -0.4 is 0 Å². The van der Waals surface area contributed by atoms with Crippen molar-refractivity contribution >= 4 is 16.7 Å². The van der Waals surface area contributed by atoms with Gasteiger partial charge in [0.15, 0.2) is 0 Å². The maximum atomic E-state index is 10.8. The number of carbonyl (C=O) groups excluding carboxylic acids is 1. The predicted molar refractivity (Wildman–Crippen MR) is 109 cm³/mol. The molecule has 3 nitrogen and oxygen atoms in total. The molecular formula is C24H21NO2. The second kappa shape index (κ2) is 9.30. The maximum absolute atomic E-state index is 10.8. The molecule has 0 radical (unpaired) electrons. The van der Waals surface area contributed by atoms with Crippen LogP contribution in [0.25, 0.3) is 10.8 Å². The molecule has 0 atom stereocenters. The minimum Gasteiger partial charge on any atom is -0.465 e. The number of fused-ring (bicyclic) bond motifs is 1. The molecule has 0 amide bonds. The van der Waals surface area contributed by atoms with E-state index in [1.54, 1.807) is 24.3 Å². The average molecular weight is 355 g/mol. The molecule has 0 aliphatic rings. The number of aromatic nitrogens is 1. The molecule has 4 aromatic rings. The maximum Gasteiger partial charge on any atom is 0.337 e. The van der Waals surface area contributed by atoms with Gasteiger partial charge >= 0.3 is 5.97 Å². The van der Waals surface area contributed by atoms with Crippen LogP contribution in [0.2, 0.25) is 0 Å². The van der Waals surface area contributed by atoms with Gasteiger partial charge in [0.2, 0.25) is 0 Å². The van der Waals surface area contributed by atoms with Gasteiger partial charge in [0.1, 0.15) is 0 Å². The number of hydrogen-bond acceptors (Lipinski definition) is 3. The first-order valence-corrected chi connectivity index (χ1v) is 8.78. The van der Waals surface area contributed by atoms with Crippen molar-refractivity contribution in [3.05, 3.63) is 114 Å². The molecule has 1 aromatic heterocycles. The number of esters is 1. The number of methoxy groups -OCH3 is 1. The summed E-state index contributed by atoms with van der Waals surface area (Å²) in [5, 5.41) is 2.51. The number of hydrogen-bond donors (Lipinski definition) is 0. The average Bonchev–Trinajstić information content (AvgIpc) is 2.75. The zero-order chi connectivity index (χ0) is 18.9. The van der Waals surface area contributed by atoms with Crippen molar-refractivity contribution in [3.63, 3.8) is 0 Å². The Morgan fingerprint density at radius 1 is 0.815 bits per heavy atom. The molecular weight excluding hydrogens is 334 g/mol. The van der Waals surface area contributed by atoms with Crippen LogP contribution in [-0.4, -0.2) is 18.1 Å². The molecule has 3 heteroatoms. The molecule has 0 fully saturated rings. The lowest BCUT2D eigenvalue weighted by molar-refractivity contribution is 0.0600. The minimum absolute atomic E-state index is 0.291. The highest BCUT2D eigenvalue weighted by Crippen LogP contribution is 2.18. The number of pyridine rings is 1. The van der Waals surface area contributed by atoms with Crippen LogP contribution in [0.15, 0.2) is 97.2 Å². The first-order valence-electron chi connectivity index (χ1n) is 8.78. The molecule has 0 aliphatic heterocycles. The fourth-order valence-electron chi connectivity index (χ4n) is 2.80. The predicted octanol–water partition coefficient (Wildman–Crippen LogP) is 5.30. The van der Waals surface area contributed by atoms with E-state index < -0.39 is 0 Å². The summed E-state index contributed by atoms with van der Waals surface area (Å²) in [6.07, 6.45) is 2.78.